The number of hydrogen-bond acceptors (Lipinski definition) is 5. The number of halogens is 1. The molecule has 1 heterocycles. The van der Waals surface area contributed by atoms with E-state index in [-0.39, 0.29) is 12.3 Å². The van der Waals surface area contributed by atoms with Crippen molar-refractivity contribution in [2.24, 2.45) is 4.99 Å². The number of aliphatic imine (C=N–C) groups is 1. The lowest BCUT2D eigenvalue weighted by atomic mass is 10.1. The molecule has 0 unspecified atom stereocenters. The van der Waals surface area contributed by atoms with Crippen LogP contribution in [0.5, 0.6) is 0 Å². The summed E-state index contributed by atoms with van der Waals surface area (Å²) in [6.07, 6.45) is 2.98. The Bertz CT molecular complexity index is 910. The number of guanidine groups is 1. The van der Waals surface area contributed by atoms with E-state index in [0.717, 1.165) is 30.1 Å². The maximum Gasteiger partial charge on any atom is 0.191 e. The maximum absolute atomic E-state index is 13.6. The molecule has 0 radical (unpaired) electrons. The molecule has 2 rings (SSSR count). The van der Waals surface area contributed by atoms with Gasteiger partial charge in [-0.25, -0.2) is 22.8 Å². The van der Waals surface area contributed by atoms with E-state index in [2.05, 4.69) is 20.6 Å². The van der Waals surface area contributed by atoms with E-state index >= 15 is 0 Å². The van der Waals surface area contributed by atoms with E-state index in [0.29, 0.717) is 23.6 Å². The third-order valence-corrected chi connectivity index (χ3v) is 5.73. The molecule has 6 nitrogen and oxygen atoms in total. The molecule has 0 bridgehead atoms. The summed E-state index contributed by atoms with van der Waals surface area (Å²) in [4.78, 5) is 8.93. The van der Waals surface area contributed by atoms with Crippen molar-refractivity contribution in [1.82, 2.24) is 15.6 Å². The van der Waals surface area contributed by atoms with Gasteiger partial charge >= 0.3 is 0 Å². The minimum Gasteiger partial charge on any atom is -0.357 e. The summed E-state index contributed by atoms with van der Waals surface area (Å²) >= 11 is 1.66. The molecular weight excluding hydrogens is 399 g/mol. The normalized spacial score (nSPS) is 12.2. The smallest absolute Gasteiger partial charge is 0.191 e. The zero-order chi connectivity index (χ0) is 20.6. The molecule has 0 saturated heterocycles. The predicted octanol–water partition coefficient (Wildman–Crippen LogP) is 2.82. The molecule has 28 heavy (non-hydrogen) atoms. The van der Waals surface area contributed by atoms with E-state index in [4.69, 9.17) is 0 Å². The highest BCUT2D eigenvalue weighted by Gasteiger charge is 2.11. The summed E-state index contributed by atoms with van der Waals surface area (Å²) in [6.45, 7) is 5.57. The van der Waals surface area contributed by atoms with Crippen LogP contribution < -0.4 is 10.6 Å². The molecule has 1 aromatic heterocycles. The van der Waals surface area contributed by atoms with Crippen molar-refractivity contribution in [2.45, 2.75) is 39.0 Å². The molecule has 0 fully saturated rings. The largest absolute Gasteiger partial charge is 0.357 e. The Morgan fingerprint density at radius 2 is 2.07 bits per heavy atom. The molecule has 2 N–H and O–H groups in total. The summed E-state index contributed by atoms with van der Waals surface area (Å²) in [5.41, 5.74) is 2.19. The van der Waals surface area contributed by atoms with Gasteiger partial charge in [0.25, 0.3) is 0 Å². The molecule has 0 aliphatic carbocycles. The molecule has 0 saturated carbocycles. The van der Waals surface area contributed by atoms with Crippen LogP contribution in [0, 0.1) is 12.7 Å². The molecule has 9 heteroatoms. The van der Waals surface area contributed by atoms with E-state index in [1.807, 2.05) is 19.2 Å². The molecular formula is C19H27FN4O2S2. The molecule has 0 amide bonds. The van der Waals surface area contributed by atoms with Crippen molar-refractivity contribution in [2.75, 3.05) is 19.3 Å². The molecule has 1 aromatic carbocycles. The molecule has 0 aliphatic heterocycles. The monoisotopic (exact) mass is 426 g/mol. The van der Waals surface area contributed by atoms with Crippen LogP contribution in [0.1, 0.15) is 35.2 Å². The van der Waals surface area contributed by atoms with Crippen LogP contribution in [0.15, 0.2) is 28.6 Å². The van der Waals surface area contributed by atoms with Crippen molar-refractivity contribution in [3.63, 3.8) is 0 Å². The Morgan fingerprint density at radius 1 is 1.29 bits per heavy atom. The number of rotatable bonds is 9. The zero-order valence-electron chi connectivity index (χ0n) is 16.5. The van der Waals surface area contributed by atoms with Crippen LogP contribution in [0.3, 0.4) is 0 Å². The van der Waals surface area contributed by atoms with Crippen LogP contribution in [-0.2, 0) is 28.6 Å². The van der Waals surface area contributed by atoms with Crippen molar-refractivity contribution in [1.29, 1.82) is 0 Å². The third kappa shape index (κ3) is 7.93. The summed E-state index contributed by atoms with van der Waals surface area (Å²) in [5, 5.41) is 9.57. The topological polar surface area (TPSA) is 83.5 Å². The second-order valence-electron chi connectivity index (χ2n) is 6.59. The van der Waals surface area contributed by atoms with E-state index in [9.17, 15) is 12.8 Å². The van der Waals surface area contributed by atoms with Crippen LogP contribution in [-0.4, -0.2) is 38.7 Å². The third-order valence-electron chi connectivity index (χ3n) is 3.86. The summed E-state index contributed by atoms with van der Waals surface area (Å²) < 4.78 is 36.9. The van der Waals surface area contributed by atoms with Gasteiger partial charge in [-0.05, 0) is 43.5 Å². The second-order valence-corrected chi connectivity index (χ2v) is 9.67. The number of nitrogens with one attached hydrogen (secondary N) is 2. The van der Waals surface area contributed by atoms with Gasteiger partial charge in [0.15, 0.2) is 15.8 Å². The molecule has 2 aromatic rings. The molecule has 0 atom stereocenters. The molecule has 0 aliphatic rings. The number of sulfone groups is 1. The average molecular weight is 427 g/mol. The lowest BCUT2D eigenvalue weighted by Gasteiger charge is -2.12. The number of nitrogens with zero attached hydrogens (tertiary/aromatic N) is 2. The highest BCUT2D eigenvalue weighted by molar-refractivity contribution is 7.89. The van der Waals surface area contributed by atoms with Crippen LogP contribution in [0.2, 0.25) is 0 Å². The number of aromatic nitrogens is 1. The molecule has 0 spiro atoms. The van der Waals surface area contributed by atoms with Gasteiger partial charge in [0.2, 0.25) is 0 Å². The van der Waals surface area contributed by atoms with Gasteiger partial charge in [-0.1, -0.05) is 6.07 Å². The van der Waals surface area contributed by atoms with Gasteiger partial charge in [-0.15, -0.1) is 11.3 Å². The Hall–Kier alpha value is -2.00. The number of benzene rings is 1. The van der Waals surface area contributed by atoms with Crippen LogP contribution in [0.25, 0.3) is 0 Å². The summed E-state index contributed by atoms with van der Waals surface area (Å²) in [7, 11) is -3.21. The minimum absolute atomic E-state index is 0.130. The van der Waals surface area contributed by atoms with Gasteiger partial charge in [0.05, 0.1) is 17.3 Å². The number of aryl methyl sites for hydroxylation is 2. The van der Waals surface area contributed by atoms with Gasteiger partial charge in [0, 0.05) is 36.8 Å². The SMILES string of the molecule is CCNC(=NCc1cc(F)ccc1CS(C)(=O)=O)NCCCc1nc(C)cs1. The van der Waals surface area contributed by atoms with Gasteiger partial charge in [0.1, 0.15) is 5.82 Å². The first-order chi connectivity index (χ1) is 13.3. The van der Waals surface area contributed by atoms with Crippen LogP contribution in [0.4, 0.5) is 4.39 Å². The van der Waals surface area contributed by atoms with Gasteiger partial charge in [-0.2, -0.15) is 0 Å². The number of thiazole rings is 1. The second kappa shape index (κ2) is 10.5. The number of hydrogen-bond donors (Lipinski definition) is 2. The first-order valence-corrected chi connectivity index (χ1v) is 12.1. The molecule has 154 valence electrons. The first-order valence-electron chi connectivity index (χ1n) is 9.15. The van der Waals surface area contributed by atoms with Crippen molar-refractivity contribution >= 4 is 27.1 Å². The predicted molar refractivity (Wildman–Crippen MR) is 113 cm³/mol. The Morgan fingerprint density at radius 3 is 2.71 bits per heavy atom. The lowest BCUT2D eigenvalue weighted by molar-refractivity contribution is 0.600. The zero-order valence-corrected chi connectivity index (χ0v) is 18.1. The maximum atomic E-state index is 13.6. The standard InChI is InChI=1S/C19H27FN4O2S2/c1-4-21-19(22-9-5-6-18-24-14(2)12-27-18)23-11-16-10-17(20)8-7-15(16)13-28(3,25)26/h7-8,10,12H,4-6,9,11,13H2,1-3H3,(H2,21,22,23). The fourth-order valence-electron chi connectivity index (χ4n) is 2.63. The van der Waals surface area contributed by atoms with E-state index in [1.54, 1.807) is 11.3 Å². The quantitative estimate of drug-likeness (QED) is 0.366. The van der Waals surface area contributed by atoms with Crippen molar-refractivity contribution in [3.8, 4) is 0 Å². The Kier molecular flexibility index (Phi) is 8.37. The van der Waals surface area contributed by atoms with Gasteiger partial charge in [-0.3, -0.25) is 0 Å². The van der Waals surface area contributed by atoms with E-state index in [1.165, 1.54) is 24.5 Å². The fourth-order valence-corrected chi connectivity index (χ4v) is 4.30. The highest BCUT2D eigenvalue weighted by Crippen LogP contribution is 2.15. The fraction of sp³-hybridized carbons (Fsp3) is 0.474. The Labute approximate surface area is 170 Å². The summed E-state index contributed by atoms with van der Waals surface area (Å²) in [5.74, 6) is 0.0848. The minimum atomic E-state index is -3.21. The lowest BCUT2D eigenvalue weighted by Crippen LogP contribution is -2.37. The van der Waals surface area contributed by atoms with Gasteiger partial charge < -0.3 is 10.6 Å². The first kappa shape index (κ1) is 22.3. The van der Waals surface area contributed by atoms with E-state index < -0.39 is 15.7 Å². The Balaban J connectivity index is 1.98. The highest BCUT2D eigenvalue weighted by atomic mass is 32.2. The average Bonchev–Trinajstić information content (AvgIpc) is 3.02. The van der Waals surface area contributed by atoms with Crippen molar-refractivity contribution in [3.05, 3.63) is 51.2 Å². The summed E-state index contributed by atoms with van der Waals surface area (Å²) in [6, 6.07) is 4.13. The van der Waals surface area contributed by atoms with Crippen LogP contribution >= 0.6 is 11.3 Å². The van der Waals surface area contributed by atoms with Crippen molar-refractivity contribution < 1.29 is 12.8 Å².